The predicted molar refractivity (Wildman–Crippen MR) is 90.5 cm³/mol. The lowest BCUT2D eigenvalue weighted by Crippen LogP contribution is -2.34. The van der Waals surface area contributed by atoms with E-state index < -0.39 is 0 Å². The smallest absolute Gasteiger partial charge is 0.251 e. The van der Waals surface area contributed by atoms with Crippen molar-refractivity contribution in [1.29, 1.82) is 0 Å². The highest BCUT2D eigenvalue weighted by molar-refractivity contribution is 5.95. The quantitative estimate of drug-likeness (QED) is 0.891. The normalized spacial score (nSPS) is 12.2. The van der Waals surface area contributed by atoms with Gasteiger partial charge in [0.15, 0.2) is 0 Å². The highest BCUT2D eigenvalue weighted by Gasteiger charge is 2.17. The van der Waals surface area contributed by atoms with Crippen molar-refractivity contribution in [2.24, 2.45) is 7.05 Å². The Kier molecular flexibility index (Phi) is 5.55. The molecule has 5 nitrogen and oxygen atoms in total. The van der Waals surface area contributed by atoms with Crippen LogP contribution in [0.25, 0.3) is 0 Å². The summed E-state index contributed by atoms with van der Waals surface area (Å²) in [5.41, 5.74) is 4.93. The predicted octanol–water partition coefficient (Wildman–Crippen LogP) is 2.54. The van der Waals surface area contributed by atoms with Crippen molar-refractivity contribution in [2.75, 3.05) is 7.11 Å². The molecular formula is C18H25N3O2. The molecule has 1 unspecified atom stereocenters. The first-order valence-corrected chi connectivity index (χ1v) is 7.80. The second-order valence-corrected chi connectivity index (χ2v) is 5.94. The third-order valence-electron chi connectivity index (χ3n) is 4.11. The lowest BCUT2D eigenvalue weighted by Gasteiger charge is -2.16. The molecular weight excluding hydrogens is 290 g/mol. The number of methoxy groups -OCH3 is 1. The van der Waals surface area contributed by atoms with Crippen LogP contribution in [0.15, 0.2) is 24.3 Å². The average molecular weight is 315 g/mol. The van der Waals surface area contributed by atoms with Gasteiger partial charge in [-0.2, -0.15) is 5.10 Å². The lowest BCUT2D eigenvalue weighted by atomic mass is 10.0. The number of carbonyl (C=O) groups is 1. The summed E-state index contributed by atoms with van der Waals surface area (Å²) in [5.74, 6) is -0.0654. The first-order chi connectivity index (χ1) is 10.9. The molecule has 23 heavy (non-hydrogen) atoms. The fourth-order valence-corrected chi connectivity index (χ4v) is 2.79. The van der Waals surface area contributed by atoms with Gasteiger partial charge in [-0.15, -0.1) is 0 Å². The summed E-state index contributed by atoms with van der Waals surface area (Å²) in [6.07, 6.45) is 0.768. The van der Waals surface area contributed by atoms with Gasteiger partial charge in [0, 0.05) is 31.5 Å². The summed E-state index contributed by atoms with van der Waals surface area (Å²) in [5, 5.41) is 7.50. The fraction of sp³-hybridized carbons (Fsp3) is 0.444. The maximum Gasteiger partial charge on any atom is 0.251 e. The van der Waals surface area contributed by atoms with Gasteiger partial charge >= 0.3 is 0 Å². The number of benzene rings is 1. The van der Waals surface area contributed by atoms with Crippen LogP contribution in [0.1, 0.15) is 39.8 Å². The van der Waals surface area contributed by atoms with E-state index in [2.05, 4.69) is 17.3 Å². The van der Waals surface area contributed by atoms with E-state index in [1.54, 1.807) is 7.11 Å². The first kappa shape index (κ1) is 17.2. The van der Waals surface area contributed by atoms with Gasteiger partial charge in [0.25, 0.3) is 5.91 Å². The van der Waals surface area contributed by atoms with Crippen molar-refractivity contribution < 1.29 is 9.53 Å². The topological polar surface area (TPSA) is 56.1 Å². The van der Waals surface area contributed by atoms with Crippen LogP contribution in [-0.2, 0) is 24.8 Å². The number of aromatic nitrogens is 2. The first-order valence-electron chi connectivity index (χ1n) is 7.80. The van der Waals surface area contributed by atoms with Crippen LogP contribution >= 0.6 is 0 Å². The van der Waals surface area contributed by atoms with E-state index in [0.717, 1.165) is 23.4 Å². The Balaban J connectivity index is 2.08. The van der Waals surface area contributed by atoms with Gasteiger partial charge in [0.2, 0.25) is 0 Å². The number of ether oxygens (including phenoxy) is 1. The summed E-state index contributed by atoms with van der Waals surface area (Å²) >= 11 is 0. The van der Waals surface area contributed by atoms with Gasteiger partial charge in [0.1, 0.15) is 0 Å². The van der Waals surface area contributed by atoms with Gasteiger partial charge in [-0.3, -0.25) is 9.48 Å². The Hall–Kier alpha value is -2.14. The molecule has 0 aliphatic carbocycles. The number of carbonyl (C=O) groups excluding carboxylic acids is 1. The number of rotatable bonds is 6. The van der Waals surface area contributed by atoms with Crippen LogP contribution in [0.2, 0.25) is 0 Å². The maximum atomic E-state index is 12.5. The van der Waals surface area contributed by atoms with E-state index in [9.17, 15) is 4.79 Å². The highest BCUT2D eigenvalue weighted by atomic mass is 16.5. The molecule has 2 rings (SSSR count). The lowest BCUT2D eigenvalue weighted by molar-refractivity contribution is 0.0935. The Morgan fingerprint density at radius 2 is 2.04 bits per heavy atom. The summed E-state index contributed by atoms with van der Waals surface area (Å²) in [6, 6.07) is 7.56. The van der Waals surface area contributed by atoms with Crippen LogP contribution in [0.5, 0.6) is 0 Å². The molecule has 0 aliphatic heterocycles. The number of amides is 1. The zero-order valence-electron chi connectivity index (χ0n) is 14.5. The van der Waals surface area contributed by atoms with Gasteiger partial charge in [-0.05, 0) is 44.4 Å². The Labute approximate surface area is 137 Å². The highest BCUT2D eigenvalue weighted by Crippen LogP contribution is 2.15. The summed E-state index contributed by atoms with van der Waals surface area (Å²) in [6.45, 7) is 6.50. The number of aryl methyl sites for hydroxylation is 2. The summed E-state index contributed by atoms with van der Waals surface area (Å²) < 4.78 is 7.04. The standard InChI is InChI=1S/C18H25N3O2/c1-12(10-17-13(2)20-21(4)14(17)3)19-18(22)16-9-7-6-8-15(16)11-23-5/h6-9,12H,10-11H2,1-5H3,(H,19,22). The molecule has 0 radical (unpaired) electrons. The van der Waals surface area contributed by atoms with Crippen LogP contribution in [0, 0.1) is 13.8 Å². The molecule has 1 heterocycles. The van der Waals surface area contributed by atoms with E-state index in [4.69, 9.17) is 4.74 Å². The molecule has 1 amide bonds. The molecule has 1 atom stereocenters. The Bertz CT molecular complexity index is 692. The van der Waals surface area contributed by atoms with Crippen molar-refractivity contribution in [3.63, 3.8) is 0 Å². The number of nitrogens with zero attached hydrogens (tertiary/aromatic N) is 2. The number of hydrogen-bond donors (Lipinski definition) is 1. The minimum Gasteiger partial charge on any atom is -0.380 e. The van der Waals surface area contributed by atoms with E-state index in [-0.39, 0.29) is 11.9 Å². The largest absolute Gasteiger partial charge is 0.380 e. The van der Waals surface area contributed by atoms with Crippen molar-refractivity contribution >= 4 is 5.91 Å². The Morgan fingerprint density at radius 3 is 2.65 bits per heavy atom. The molecule has 1 N–H and O–H groups in total. The summed E-state index contributed by atoms with van der Waals surface area (Å²) in [4.78, 5) is 12.5. The zero-order valence-corrected chi connectivity index (χ0v) is 14.5. The van der Waals surface area contributed by atoms with E-state index in [1.807, 2.05) is 49.8 Å². The molecule has 0 bridgehead atoms. The zero-order chi connectivity index (χ0) is 17.0. The van der Waals surface area contributed by atoms with Crippen molar-refractivity contribution in [2.45, 2.75) is 39.8 Å². The SMILES string of the molecule is COCc1ccccc1C(=O)NC(C)Cc1c(C)nn(C)c1C. The minimum atomic E-state index is -0.0654. The molecule has 1 aromatic carbocycles. The molecule has 5 heteroatoms. The molecule has 0 aliphatic rings. The van der Waals surface area contributed by atoms with E-state index >= 15 is 0 Å². The second-order valence-electron chi connectivity index (χ2n) is 5.94. The molecule has 0 saturated heterocycles. The van der Waals surface area contributed by atoms with Crippen LogP contribution in [-0.4, -0.2) is 28.8 Å². The summed E-state index contributed by atoms with van der Waals surface area (Å²) in [7, 11) is 3.57. The third-order valence-corrected chi connectivity index (χ3v) is 4.11. The molecule has 0 spiro atoms. The maximum absolute atomic E-state index is 12.5. The van der Waals surface area contributed by atoms with Gasteiger partial charge in [0.05, 0.1) is 12.3 Å². The fourth-order valence-electron chi connectivity index (χ4n) is 2.79. The molecule has 2 aromatic rings. The monoisotopic (exact) mass is 315 g/mol. The van der Waals surface area contributed by atoms with Gasteiger partial charge in [-0.25, -0.2) is 0 Å². The molecule has 1 aromatic heterocycles. The second kappa shape index (κ2) is 7.42. The van der Waals surface area contributed by atoms with Crippen molar-refractivity contribution in [1.82, 2.24) is 15.1 Å². The van der Waals surface area contributed by atoms with Crippen LogP contribution < -0.4 is 5.32 Å². The minimum absolute atomic E-state index is 0.0275. The van der Waals surface area contributed by atoms with E-state index in [0.29, 0.717) is 12.2 Å². The van der Waals surface area contributed by atoms with Crippen molar-refractivity contribution in [3.8, 4) is 0 Å². The molecule has 0 fully saturated rings. The van der Waals surface area contributed by atoms with Crippen LogP contribution in [0.4, 0.5) is 0 Å². The van der Waals surface area contributed by atoms with Crippen LogP contribution in [0.3, 0.4) is 0 Å². The van der Waals surface area contributed by atoms with Crippen molar-refractivity contribution in [3.05, 3.63) is 52.3 Å². The van der Waals surface area contributed by atoms with E-state index in [1.165, 1.54) is 5.56 Å². The molecule has 124 valence electrons. The third kappa shape index (κ3) is 3.99. The number of hydrogen-bond acceptors (Lipinski definition) is 3. The molecule has 0 saturated carbocycles. The average Bonchev–Trinajstić information content (AvgIpc) is 2.74. The Morgan fingerprint density at radius 1 is 1.35 bits per heavy atom. The van der Waals surface area contributed by atoms with Gasteiger partial charge in [-0.1, -0.05) is 18.2 Å². The number of nitrogens with one attached hydrogen (secondary N) is 1. The van der Waals surface area contributed by atoms with Gasteiger partial charge < -0.3 is 10.1 Å².